The summed E-state index contributed by atoms with van der Waals surface area (Å²) in [6.45, 7) is 3.63. The lowest BCUT2D eigenvalue weighted by Crippen LogP contribution is -2.46. The maximum absolute atomic E-state index is 12.9. The number of nitrogens with two attached hydrogens (primary N) is 1. The molecule has 0 radical (unpaired) electrons. The van der Waals surface area contributed by atoms with Gasteiger partial charge in [0.2, 0.25) is 0 Å². The number of rotatable bonds is 2. The Morgan fingerprint density at radius 3 is 2.86 bits per heavy atom. The average molecular weight is 194 g/mol. The van der Waals surface area contributed by atoms with Crippen LogP contribution < -0.4 is 10.6 Å². The molecule has 1 aromatic carbocycles. The third-order valence-electron chi connectivity index (χ3n) is 2.89. The minimum atomic E-state index is -0.206. The molecule has 1 atom stereocenters. The molecular formula is C11H15FN2. The molecule has 0 aromatic heterocycles. The summed E-state index contributed by atoms with van der Waals surface area (Å²) in [5.74, 6) is -0.206. The highest BCUT2D eigenvalue weighted by Crippen LogP contribution is 2.29. The summed E-state index contributed by atoms with van der Waals surface area (Å²) in [7, 11) is 0. The number of hydrogen-bond donors (Lipinski definition) is 1. The number of benzene rings is 1. The van der Waals surface area contributed by atoms with Gasteiger partial charge in [0.1, 0.15) is 5.82 Å². The van der Waals surface area contributed by atoms with Crippen molar-refractivity contribution in [2.24, 2.45) is 5.73 Å². The van der Waals surface area contributed by atoms with Crippen molar-refractivity contribution in [3.63, 3.8) is 0 Å². The Hall–Kier alpha value is -1.09. The maximum atomic E-state index is 12.9. The summed E-state index contributed by atoms with van der Waals surface area (Å²) in [6.07, 6.45) is 1.21. The lowest BCUT2D eigenvalue weighted by molar-refractivity contribution is 0.479. The normalized spacial score (nSPS) is 20.8. The van der Waals surface area contributed by atoms with Gasteiger partial charge in [-0.25, -0.2) is 4.39 Å². The third-order valence-corrected chi connectivity index (χ3v) is 2.89. The van der Waals surface area contributed by atoms with Crippen LogP contribution in [0.1, 0.15) is 18.9 Å². The molecule has 1 aliphatic heterocycles. The second kappa shape index (κ2) is 3.58. The molecule has 2 rings (SSSR count). The van der Waals surface area contributed by atoms with E-state index in [2.05, 4.69) is 11.8 Å². The van der Waals surface area contributed by atoms with Crippen molar-refractivity contribution in [2.75, 3.05) is 11.4 Å². The van der Waals surface area contributed by atoms with Crippen LogP contribution in [0, 0.1) is 5.82 Å². The Balaban J connectivity index is 2.32. The van der Waals surface area contributed by atoms with Crippen LogP contribution in [0.15, 0.2) is 18.2 Å². The van der Waals surface area contributed by atoms with E-state index in [9.17, 15) is 4.39 Å². The predicted octanol–water partition coefficient (Wildman–Crippen LogP) is 1.88. The van der Waals surface area contributed by atoms with E-state index < -0.39 is 0 Å². The van der Waals surface area contributed by atoms with E-state index >= 15 is 0 Å². The molecule has 1 saturated heterocycles. The van der Waals surface area contributed by atoms with Gasteiger partial charge in [0.25, 0.3) is 0 Å². The molecule has 0 aliphatic carbocycles. The summed E-state index contributed by atoms with van der Waals surface area (Å²) in [5.41, 5.74) is 7.58. The van der Waals surface area contributed by atoms with Crippen molar-refractivity contribution in [3.05, 3.63) is 29.6 Å². The Morgan fingerprint density at radius 1 is 1.57 bits per heavy atom. The highest BCUT2D eigenvalue weighted by Gasteiger charge is 2.25. The molecule has 0 spiro atoms. The summed E-state index contributed by atoms with van der Waals surface area (Å²) in [6, 6.07) is 5.42. The standard InChI is InChI=1S/C11H15FN2/c1-8-4-5-14(8)11-3-2-10(12)6-9(11)7-13/h2-3,6,8H,4-5,7,13H2,1H3. The highest BCUT2D eigenvalue weighted by atomic mass is 19.1. The molecule has 1 heterocycles. The van der Waals surface area contributed by atoms with Gasteiger partial charge >= 0.3 is 0 Å². The molecule has 0 bridgehead atoms. The second-order valence-electron chi connectivity index (χ2n) is 3.81. The quantitative estimate of drug-likeness (QED) is 0.779. The van der Waals surface area contributed by atoms with Crippen LogP contribution in [0.2, 0.25) is 0 Å². The number of halogens is 1. The molecule has 1 aliphatic rings. The summed E-state index contributed by atoms with van der Waals surface area (Å²) in [5, 5.41) is 0. The smallest absolute Gasteiger partial charge is 0.123 e. The van der Waals surface area contributed by atoms with Crippen LogP contribution in [-0.2, 0) is 6.54 Å². The molecule has 0 amide bonds. The predicted molar refractivity (Wildman–Crippen MR) is 55.7 cm³/mol. The van der Waals surface area contributed by atoms with E-state index in [-0.39, 0.29) is 5.82 Å². The zero-order valence-electron chi connectivity index (χ0n) is 8.33. The summed E-state index contributed by atoms with van der Waals surface area (Å²) in [4.78, 5) is 2.27. The van der Waals surface area contributed by atoms with Gasteiger partial charge in [-0.15, -0.1) is 0 Å². The molecule has 1 fully saturated rings. The summed E-state index contributed by atoms with van der Waals surface area (Å²) < 4.78 is 12.9. The molecule has 2 N–H and O–H groups in total. The van der Waals surface area contributed by atoms with Gasteiger partial charge < -0.3 is 10.6 Å². The van der Waals surface area contributed by atoms with E-state index in [1.807, 2.05) is 6.07 Å². The first-order valence-corrected chi connectivity index (χ1v) is 4.97. The van der Waals surface area contributed by atoms with E-state index in [1.165, 1.54) is 18.6 Å². The number of hydrogen-bond acceptors (Lipinski definition) is 2. The topological polar surface area (TPSA) is 29.3 Å². The van der Waals surface area contributed by atoms with Gasteiger partial charge in [0, 0.05) is 24.8 Å². The second-order valence-corrected chi connectivity index (χ2v) is 3.81. The van der Waals surface area contributed by atoms with Gasteiger partial charge in [-0.2, -0.15) is 0 Å². The fourth-order valence-corrected chi connectivity index (χ4v) is 1.87. The maximum Gasteiger partial charge on any atom is 0.123 e. The fraction of sp³-hybridized carbons (Fsp3) is 0.455. The van der Waals surface area contributed by atoms with E-state index in [1.54, 1.807) is 0 Å². The Bertz CT molecular complexity index is 338. The van der Waals surface area contributed by atoms with Crippen molar-refractivity contribution in [2.45, 2.75) is 25.9 Å². The van der Waals surface area contributed by atoms with Crippen molar-refractivity contribution in [1.29, 1.82) is 0 Å². The largest absolute Gasteiger partial charge is 0.368 e. The minimum absolute atomic E-state index is 0.206. The van der Waals surface area contributed by atoms with Gasteiger partial charge in [-0.3, -0.25) is 0 Å². The van der Waals surface area contributed by atoms with Crippen LogP contribution >= 0.6 is 0 Å². The Labute approximate surface area is 83.5 Å². The molecule has 14 heavy (non-hydrogen) atoms. The van der Waals surface area contributed by atoms with E-state index in [0.29, 0.717) is 12.6 Å². The fourth-order valence-electron chi connectivity index (χ4n) is 1.87. The molecule has 1 aromatic rings. The monoisotopic (exact) mass is 194 g/mol. The zero-order valence-corrected chi connectivity index (χ0v) is 8.33. The first-order chi connectivity index (χ1) is 6.72. The average Bonchev–Trinajstić information content (AvgIpc) is 2.18. The minimum Gasteiger partial charge on any atom is -0.368 e. The van der Waals surface area contributed by atoms with Crippen LogP contribution in [0.3, 0.4) is 0 Å². The Morgan fingerprint density at radius 2 is 2.36 bits per heavy atom. The van der Waals surface area contributed by atoms with Crippen LogP contribution in [0.4, 0.5) is 10.1 Å². The molecule has 3 heteroatoms. The molecule has 0 saturated carbocycles. The SMILES string of the molecule is CC1CCN1c1ccc(F)cc1CN. The zero-order chi connectivity index (χ0) is 10.1. The summed E-state index contributed by atoms with van der Waals surface area (Å²) >= 11 is 0. The van der Waals surface area contributed by atoms with Crippen LogP contribution in [0.25, 0.3) is 0 Å². The molecule has 1 unspecified atom stereocenters. The highest BCUT2D eigenvalue weighted by molar-refractivity contribution is 5.56. The lowest BCUT2D eigenvalue weighted by Gasteiger charge is -2.41. The van der Waals surface area contributed by atoms with Crippen LogP contribution in [0.5, 0.6) is 0 Å². The third kappa shape index (κ3) is 1.48. The first kappa shape index (κ1) is 9.46. The van der Waals surface area contributed by atoms with Gasteiger partial charge in [-0.1, -0.05) is 0 Å². The van der Waals surface area contributed by atoms with E-state index in [0.717, 1.165) is 17.8 Å². The first-order valence-electron chi connectivity index (χ1n) is 4.97. The molecule has 2 nitrogen and oxygen atoms in total. The van der Waals surface area contributed by atoms with Crippen molar-refractivity contribution >= 4 is 5.69 Å². The van der Waals surface area contributed by atoms with Crippen molar-refractivity contribution in [1.82, 2.24) is 0 Å². The lowest BCUT2D eigenvalue weighted by atomic mass is 10.0. The van der Waals surface area contributed by atoms with Gasteiger partial charge in [0.05, 0.1) is 0 Å². The number of nitrogens with zero attached hydrogens (tertiary/aromatic N) is 1. The number of anilines is 1. The van der Waals surface area contributed by atoms with Gasteiger partial charge in [0.15, 0.2) is 0 Å². The van der Waals surface area contributed by atoms with E-state index in [4.69, 9.17) is 5.73 Å². The van der Waals surface area contributed by atoms with Gasteiger partial charge in [-0.05, 0) is 37.1 Å². The molecule has 76 valence electrons. The molecular weight excluding hydrogens is 179 g/mol. The Kier molecular flexibility index (Phi) is 2.42. The van der Waals surface area contributed by atoms with Crippen LogP contribution in [-0.4, -0.2) is 12.6 Å². The van der Waals surface area contributed by atoms with Crippen molar-refractivity contribution in [3.8, 4) is 0 Å². The van der Waals surface area contributed by atoms with Crippen molar-refractivity contribution < 1.29 is 4.39 Å².